The molecule has 0 bridgehead atoms. The number of hydrogen-bond acceptors (Lipinski definition) is 2. The van der Waals surface area contributed by atoms with Crippen molar-refractivity contribution in [2.24, 2.45) is 0 Å². The van der Waals surface area contributed by atoms with E-state index in [1.54, 1.807) is 31.2 Å². The number of Topliss-reactive ketones (excluding diaryl/α,β-unsaturated/α-hetero) is 1. The van der Waals surface area contributed by atoms with E-state index in [-0.39, 0.29) is 5.78 Å². The Morgan fingerprint density at radius 1 is 1.20 bits per heavy atom. The smallest absolute Gasteiger partial charge is 0.184 e. The molecule has 0 saturated heterocycles. The number of carbonyl (C=O) groups is 1. The first-order valence-corrected chi connectivity index (χ1v) is 6.68. The van der Waals surface area contributed by atoms with Gasteiger partial charge in [-0.2, -0.15) is 5.26 Å². The molecule has 0 fully saturated rings. The number of nitrogens with zero attached hydrogens (tertiary/aromatic N) is 1. The third-order valence-corrected chi connectivity index (χ3v) is 3.71. The molecule has 0 amide bonds. The van der Waals surface area contributed by atoms with Crippen molar-refractivity contribution in [3.63, 3.8) is 0 Å². The van der Waals surface area contributed by atoms with Crippen LogP contribution in [0.2, 0.25) is 5.02 Å². The molecular weight excluding hydrogens is 270 g/mol. The molecule has 0 radical (unpaired) electrons. The van der Waals surface area contributed by atoms with E-state index in [1.807, 2.05) is 25.1 Å². The molecule has 20 heavy (non-hydrogen) atoms. The molecule has 2 nitrogen and oxygen atoms in total. The zero-order valence-corrected chi connectivity index (χ0v) is 12.1. The molecule has 0 aliphatic carbocycles. The van der Waals surface area contributed by atoms with Gasteiger partial charge in [0.25, 0.3) is 0 Å². The van der Waals surface area contributed by atoms with Gasteiger partial charge in [-0.05, 0) is 31.0 Å². The molecule has 0 aliphatic rings. The van der Waals surface area contributed by atoms with Gasteiger partial charge in [-0.3, -0.25) is 4.79 Å². The van der Waals surface area contributed by atoms with E-state index in [2.05, 4.69) is 6.07 Å². The van der Waals surface area contributed by atoms with Gasteiger partial charge in [0, 0.05) is 10.6 Å². The van der Waals surface area contributed by atoms with Crippen molar-refractivity contribution >= 4 is 17.4 Å². The largest absolute Gasteiger partial charge is 0.292 e. The maximum Gasteiger partial charge on any atom is 0.184 e. The summed E-state index contributed by atoms with van der Waals surface area (Å²) in [5.74, 6) is -1.01. The van der Waals surface area contributed by atoms with Crippen LogP contribution < -0.4 is 0 Å². The standard InChI is InChI=1S/C17H14ClNO/c1-11-5-3-6-13(9-11)15(10-19)17(20)14-7-4-8-16(18)12(14)2/h3-9,15H,1-2H3. The van der Waals surface area contributed by atoms with Gasteiger partial charge >= 0.3 is 0 Å². The number of rotatable bonds is 3. The van der Waals surface area contributed by atoms with Crippen LogP contribution >= 0.6 is 11.6 Å². The second kappa shape index (κ2) is 5.90. The summed E-state index contributed by atoms with van der Waals surface area (Å²) in [7, 11) is 0. The Balaban J connectivity index is 2.45. The van der Waals surface area contributed by atoms with Crippen molar-refractivity contribution in [2.75, 3.05) is 0 Å². The van der Waals surface area contributed by atoms with Gasteiger partial charge in [-0.15, -0.1) is 0 Å². The fourth-order valence-electron chi connectivity index (χ4n) is 2.16. The highest BCUT2D eigenvalue weighted by atomic mass is 35.5. The first kappa shape index (κ1) is 14.3. The third-order valence-electron chi connectivity index (χ3n) is 3.30. The van der Waals surface area contributed by atoms with Crippen LogP contribution in [0.25, 0.3) is 0 Å². The Kier molecular flexibility index (Phi) is 4.22. The summed E-state index contributed by atoms with van der Waals surface area (Å²) in [4.78, 5) is 12.6. The SMILES string of the molecule is Cc1cccc(C(C#N)C(=O)c2cccc(Cl)c2C)c1. The van der Waals surface area contributed by atoms with Crippen LogP contribution in [0.5, 0.6) is 0 Å². The van der Waals surface area contributed by atoms with Crippen LogP contribution in [0.1, 0.15) is 33.0 Å². The number of benzene rings is 2. The minimum Gasteiger partial charge on any atom is -0.292 e. The Labute approximate surface area is 123 Å². The summed E-state index contributed by atoms with van der Waals surface area (Å²) < 4.78 is 0. The van der Waals surface area contributed by atoms with Crippen LogP contribution in [-0.2, 0) is 0 Å². The highest BCUT2D eigenvalue weighted by Gasteiger charge is 2.23. The summed E-state index contributed by atoms with van der Waals surface area (Å²) >= 11 is 6.04. The highest BCUT2D eigenvalue weighted by molar-refractivity contribution is 6.32. The minimum atomic E-state index is -0.799. The monoisotopic (exact) mass is 283 g/mol. The van der Waals surface area contributed by atoms with Crippen molar-refractivity contribution in [3.05, 3.63) is 69.7 Å². The number of ketones is 1. The number of halogens is 1. The predicted octanol–water partition coefficient (Wildman–Crippen LogP) is 4.45. The van der Waals surface area contributed by atoms with E-state index >= 15 is 0 Å². The van der Waals surface area contributed by atoms with Gasteiger partial charge in [0.2, 0.25) is 0 Å². The molecule has 0 saturated carbocycles. The lowest BCUT2D eigenvalue weighted by Gasteiger charge is -2.12. The molecule has 1 unspecified atom stereocenters. The first-order chi connectivity index (χ1) is 9.54. The number of nitriles is 1. The van der Waals surface area contributed by atoms with E-state index in [0.29, 0.717) is 16.1 Å². The van der Waals surface area contributed by atoms with Crippen molar-refractivity contribution in [3.8, 4) is 6.07 Å². The van der Waals surface area contributed by atoms with Crippen LogP contribution in [0.15, 0.2) is 42.5 Å². The van der Waals surface area contributed by atoms with Crippen molar-refractivity contribution < 1.29 is 4.79 Å². The molecule has 0 aliphatic heterocycles. The maximum atomic E-state index is 12.6. The van der Waals surface area contributed by atoms with Crippen molar-refractivity contribution in [2.45, 2.75) is 19.8 Å². The second-order valence-electron chi connectivity index (χ2n) is 4.75. The van der Waals surface area contributed by atoms with E-state index < -0.39 is 5.92 Å². The number of aryl methyl sites for hydroxylation is 1. The van der Waals surface area contributed by atoms with Crippen LogP contribution in [0, 0.1) is 25.2 Å². The van der Waals surface area contributed by atoms with Gasteiger partial charge in [0.05, 0.1) is 6.07 Å². The molecule has 0 spiro atoms. The Bertz CT molecular complexity index is 700. The fraction of sp³-hybridized carbons (Fsp3) is 0.176. The number of hydrogen-bond donors (Lipinski definition) is 0. The molecule has 1 atom stereocenters. The summed E-state index contributed by atoms with van der Waals surface area (Å²) in [6.45, 7) is 3.73. The average molecular weight is 284 g/mol. The quantitative estimate of drug-likeness (QED) is 0.781. The average Bonchev–Trinajstić information content (AvgIpc) is 2.42. The van der Waals surface area contributed by atoms with Crippen molar-refractivity contribution in [1.82, 2.24) is 0 Å². The van der Waals surface area contributed by atoms with Gasteiger partial charge in [0.15, 0.2) is 5.78 Å². The molecule has 100 valence electrons. The van der Waals surface area contributed by atoms with Gasteiger partial charge in [-0.1, -0.05) is 53.6 Å². The van der Waals surface area contributed by atoms with Gasteiger partial charge in [0.1, 0.15) is 5.92 Å². The summed E-state index contributed by atoms with van der Waals surface area (Å²) in [5.41, 5.74) is 2.97. The highest BCUT2D eigenvalue weighted by Crippen LogP contribution is 2.26. The van der Waals surface area contributed by atoms with E-state index in [1.165, 1.54) is 0 Å². The summed E-state index contributed by atoms with van der Waals surface area (Å²) in [6, 6.07) is 14.7. The Hall–Kier alpha value is -2.11. The van der Waals surface area contributed by atoms with Crippen molar-refractivity contribution in [1.29, 1.82) is 5.26 Å². The molecule has 2 aromatic carbocycles. The van der Waals surface area contributed by atoms with E-state index in [0.717, 1.165) is 11.1 Å². The maximum absolute atomic E-state index is 12.6. The summed E-state index contributed by atoms with van der Waals surface area (Å²) in [5, 5.41) is 9.90. The Morgan fingerprint density at radius 3 is 2.55 bits per heavy atom. The van der Waals surface area contributed by atoms with Crippen LogP contribution in [-0.4, -0.2) is 5.78 Å². The molecule has 2 aromatic rings. The molecule has 0 N–H and O–H groups in total. The van der Waals surface area contributed by atoms with Crippen LogP contribution in [0.3, 0.4) is 0 Å². The predicted molar refractivity (Wildman–Crippen MR) is 80.1 cm³/mol. The lowest BCUT2D eigenvalue weighted by Crippen LogP contribution is -2.13. The molecule has 2 rings (SSSR count). The van der Waals surface area contributed by atoms with E-state index in [4.69, 9.17) is 11.6 Å². The third kappa shape index (κ3) is 2.74. The zero-order chi connectivity index (χ0) is 14.7. The lowest BCUT2D eigenvalue weighted by atomic mass is 9.89. The fourth-order valence-corrected chi connectivity index (χ4v) is 2.34. The van der Waals surface area contributed by atoms with Gasteiger partial charge in [-0.25, -0.2) is 0 Å². The zero-order valence-electron chi connectivity index (χ0n) is 11.4. The molecule has 0 heterocycles. The minimum absolute atomic E-state index is 0.210. The normalized spacial score (nSPS) is 11.7. The lowest BCUT2D eigenvalue weighted by molar-refractivity contribution is 0.0978. The topological polar surface area (TPSA) is 40.9 Å². The summed E-state index contributed by atoms with van der Waals surface area (Å²) in [6.07, 6.45) is 0. The molecule has 3 heteroatoms. The van der Waals surface area contributed by atoms with Gasteiger partial charge < -0.3 is 0 Å². The first-order valence-electron chi connectivity index (χ1n) is 6.30. The second-order valence-corrected chi connectivity index (χ2v) is 5.16. The van der Waals surface area contributed by atoms with Crippen LogP contribution in [0.4, 0.5) is 0 Å². The van der Waals surface area contributed by atoms with E-state index in [9.17, 15) is 10.1 Å². The molecule has 0 aromatic heterocycles. The number of carbonyl (C=O) groups excluding carboxylic acids is 1. The molecular formula is C17H14ClNO. The Morgan fingerprint density at radius 2 is 1.90 bits per heavy atom.